The van der Waals surface area contributed by atoms with Crippen LogP contribution in [0.1, 0.15) is 35.1 Å². The molecule has 3 aromatic heterocycles. The monoisotopic (exact) mass is 474 g/mol. The van der Waals surface area contributed by atoms with E-state index in [-0.39, 0.29) is 10.8 Å². The van der Waals surface area contributed by atoms with Crippen molar-refractivity contribution in [2.75, 3.05) is 6.54 Å². The molecule has 0 spiro atoms. The molecule has 9 heteroatoms. The van der Waals surface area contributed by atoms with Crippen LogP contribution in [0.3, 0.4) is 0 Å². The van der Waals surface area contributed by atoms with Gasteiger partial charge in [-0.25, -0.2) is 4.98 Å². The van der Waals surface area contributed by atoms with Gasteiger partial charge < -0.3 is 14.9 Å². The van der Waals surface area contributed by atoms with Gasteiger partial charge in [0.1, 0.15) is 11.4 Å². The fourth-order valence-corrected chi connectivity index (χ4v) is 3.44. The van der Waals surface area contributed by atoms with Gasteiger partial charge in [0.25, 0.3) is 0 Å². The number of rotatable bonds is 8. The summed E-state index contributed by atoms with van der Waals surface area (Å²) in [5, 5.41) is 25.2. The normalized spacial score (nSPS) is 11.3. The highest BCUT2D eigenvalue weighted by Gasteiger charge is 2.22. The average molecular weight is 475 g/mol. The molecule has 0 aliphatic rings. The second kappa shape index (κ2) is 9.83. The van der Waals surface area contributed by atoms with Gasteiger partial charge in [0.2, 0.25) is 0 Å². The third kappa shape index (κ3) is 5.39. The van der Waals surface area contributed by atoms with E-state index in [1.54, 1.807) is 12.4 Å². The summed E-state index contributed by atoms with van der Waals surface area (Å²) in [6.07, 6.45) is 3.35. The average Bonchev–Trinajstić information content (AvgIpc) is 3.35. The fraction of sp³-hybridized carbons (Fsp3) is 0.231. The van der Waals surface area contributed by atoms with E-state index < -0.39 is 11.4 Å². The van der Waals surface area contributed by atoms with E-state index >= 15 is 0 Å². The van der Waals surface area contributed by atoms with Crippen LogP contribution in [0.15, 0.2) is 59.4 Å². The van der Waals surface area contributed by atoms with Crippen LogP contribution in [0.4, 0.5) is 0 Å². The Morgan fingerprint density at radius 3 is 2.63 bits per heavy atom. The van der Waals surface area contributed by atoms with Gasteiger partial charge in [-0.15, -0.1) is 0 Å². The molecule has 4 aromatic rings. The van der Waals surface area contributed by atoms with Crippen molar-refractivity contribution in [1.29, 1.82) is 5.26 Å². The molecular formula is C26H30N6O3. The van der Waals surface area contributed by atoms with Crippen LogP contribution >= 0.6 is 0 Å². The molecule has 35 heavy (non-hydrogen) atoms. The van der Waals surface area contributed by atoms with Gasteiger partial charge >= 0.3 is 5.97 Å². The summed E-state index contributed by atoms with van der Waals surface area (Å²) in [5.41, 5.74) is 5.13. The molecular weight excluding hydrogens is 444 g/mol. The minimum Gasteiger partial charge on any atom is -0.480 e. The molecule has 4 rings (SSSR count). The third-order valence-electron chi connectivity index (χ3n) is 5.53. The van der Waals surface area contributed by atoms with E-state index in [2.05, 4.69) is 26.5 Å². The summed E-state index contributed by atoms with van der Waals surface area (Å²) >= 11 is 0. The molecule has 0 radical (unpaired) electrons. The number of pyridine rings is 1. The maximum atomic E-state index is 10.6. The minimum atomic E-state index is -0.894. The maximum absolute atomic E-state index is 10.6. The Bertz CT molecular complexity index is 1420. The van der Waals surface area contributed by atoms with Crippen LogP contribution in [0, 0.1) is 18.3 Å². The van der Waals surface area contributed by atoms with Crippen LogP contribution in [-0.2, 0) is 16.8 Å². The van der Waals surface area contributed by atoms with E-state index in [0.717, 1.165) is 16.7 Å². The number of aliphatic carboxylic acids is 1. The number of nitrogens with one attached hydrogen (secondary N) is 1. The molecule has 1 aromatic carbocycles. The molecule has 0 fully saturated rings. The first-order valence-corrected chi connectivity index (χ1v) is 11.0. The molecule has 0 saturated carbocycles. The molecule has 3 heterocycles. The second-order valence-electron chi connectivity index (χ2n) is 8.63. The lowest BCUT2D eigenvalue weighted by molar-refractivity contribution is -0.136. The first-order chi connectivity index (χ1) is 16.8. The summed E-state index contributed by atoms with van der Waals surface area (Å²) < 4.78 is 5.61. The molecule has 0 aliphatic carbocycles. The van der Waals surface area contributed by atoms with Crippen LogP contribution in [-0.4, -0.2) is 37.7 Å². The molecule has 182 valence electrons. The summed E-state index contributed by atoms with van der Waals surface area (Å²) in [5.74, 6) is -0.403. The number of nitriles is 1. The van der Waals surface area contributed by atoms with Gasteiger partial charge in [0.15, 0.2) is 5.76 Å². The lowest BCUT2D eigenvalue weighted by Crippen LogP contribution is -2.21. The van der Waals surface area contributed by atoms with Crippen molar-refractivity contribution in [3.63, 3.8) is 0 Å². The van der Waals surface area contributed by atoms with E-state index in [0.29, 0.717) is 40.8 Å². The summed E-state index contributed by atoms with van der Waals surface area (Å²) in [4.78, 5) is 24.2. The third-order valence-corrected chi connectivity index (χ3v) is 5.53. The zero-order valence-corrected chi connectivity index (χ0v) is 19.6. The van der Waals surface area contributed by atoms with Crippen molar-refractivity contribution in [3.8, 4) is 40.0 Å². The lowest BCUT2D eigenvalue weighted by Gasteiger charge is -2.15. The number of hydrogen-bond acceptors (Lipinski definition) is 8. The number of carboxylic acid groups (broad SMARTS) is 1. The van der Waals surface area contributed by atoms with Crippen molar-refractivity contribution < 1.29 is 18.7 Å². The van der Waals surface area contributed by atoms with Gasteiger partial charge in [-0.3, -0.25) is 14.8 Å². The molecule has 2 N–H and O–H groups in total. The largest absolute Gasteiger partial charge is 0.480 e. The highest BCUT2D eigenvalue weighted by atomic mass is 16.5. The zero-order chi connectivity index (χ0) is 25.0. The van der Waals surface area contributed by atoms with E-state index in [9.17, 15) is 10.1 Å². The highest BCUT2D eigenvalue weighted by molar-refractivity contribution is 5.69. The summed E-state index contributed by atoms with van der Waals surface area (Å²) in [6.45, 7) is 5.86. The molecule has 0 amide bonds. The predicted molar refractivity (Wildman–Crippen MR) is 135 cm³/mol. The Balaban J connectivity index is 0.00000241. The molecule has 0 atom stereocenters. The summed E-state index contributed by atoms with van der Waals surface area (Å²) in [7, 11) is 0. The number of hydrogen-bond donors (Lipinski definition) is 2. The van der Waals surface area contributed by atoms with Crippen molar-refractivity contribution in [2.45, 2.75) is 32.7 Å². The number of carboxylic acids is 1. The molecule has 0 saturated heterocycles. The fourth-order valence-electron chi connectivity index (χ4n) is 3.44. The SMILES string of the molecule is Cc1ncc(-c2ccnc(C(C)(C)C#N)c2)nc1-c1cc(-c2ccc(CNCC(=O)O)cc2)no1.[HH].[HH].[HH]. The Kier molecular flexibility index (Phi) is 6.66. The lowest BCUT2D eigenvalue weighted by atomic mass is 9.90. The van der Waals surface area contributed by atoms with Crippen molar-refractivity contribution in [1.82, 2.24) is 25.4 Å². The molecule has 9 nitrogen and oxygen atoms in total. The molecule has 0 aliphatic heterocycles. The van der Waals surface area contributed by atoms with Gasteiger partial charge in [-0.1, -0.05) is 29.4 Å². The van der Waals surface area contributed by atoms with E-state index in [4.69, 9.17) is 14.6 Å². The number of carbonyl (C=O) groups is 1. The topological polar surface area (TPSA) is 138 Å². The number of aromatic nitrogens is 4. The first-order valence-electron chi connectivity index (χ1n) is 11.0. The highest BCUT2D eigenvalue weighted by Crippen LogP contribution is 2.29. The van der Waals surface area contributed by atoms with Crippen LogP contribution in [0.5, 0.6) is 0 Å². The van der Waals surface area contributed by atoms with Gasteiger partial charge in [0, 0.05) is 34.2 Å². The second-order valence-corrected chi connectivity index (χ2v) is 8.63. The maximum Gasteiger partial charge on any atom is 0.317 e. The number of aryl methyl sites for hydroxylation is 1. The van der Waals surface area contributed by atoms with Crippen LogP contribution < -0.4 is 5.32 Å². The van der Waals surface area contributed by atoms with Crippen molar-refractivity contribution in [2.24, 2.45) is 0 Å². The van der Waals surface area contributed by atoms with Gasteiger partial charge in [-0.2, -0.15) is 5.26 Å². The van der Waals surface area contributed by atoms with Crippen LogP contribution in [0.2, 0.25) is 0 Å². The summed E-state index contributed by atoms with van der Waals surface area (Å²) in [6, 6.07) is 15.4. The molecule has 0 unspecified atom stereocenters. The minimum absolute atomic E-state index is 0. The Labute approximate surface area is 206 Å². The van der Waals surface area contributed by atoms with Crippen molar-refractivity contribution in [3.05, 3.63) is 71.8 Å². The number of nitrogens with zero attached hydrogens (tertiary/aromatic N) is 5. The molecule has 0 bridgehead atoms. The van der Waals surface area contributed by atoms with E-state index in [1.807, 2.05) is 63.2 Å². The standard InChI is InChI=1S/C26H24N6O3.3H2/c1-16-25(31-21(13-30-16)19-8-9-29-23(10-19)26(2,3)15-27)22-11-20(32-35-22)18-6-4-17(5-7-18)12-28-14-24(33)34;;;/h4-11,13,28H,12,14H2,1-3H3,(H,33,34);3*1H. The Hall–Kier alpha value is -4.42. The number of benzene rings is 1. The van der Waals surface area contributed by atoms with Gasteiger partial charge in [0.05, 0.1) is 41.3 Å². The van der Waals surface area contributed by atoms with Crippen molar-refractivity contribution >= 4 is 5.97 Å². The van der Waals surface area contributed by atoms with Crippen LogP contribution in [0.25, 0.3) is 34.0 Å². The first kappa shape index (κ1) is 23.7. The quantitative estimate of drug-likeness (QED) is 0.366. The Morgan fingerprint density at radius 2 is 1.91 bits per heavy atom. The van der Waals surface area contributed by atoms with E-state index in [1.165, 1.54) is 0 Å². The Morgan fingerprint density at radius 1 is 1.14 bits per heavy atom. The van der Waals surface area contributed by atoms with Gasteiger partial charge in [-0.05, 0) is 38.5 Å². The zero-order valence-electron chi connectivity index (χ0n) is 19.6. The smallest absolute Gasteiger partial charge is 0.317 e. The predicted octanol–water partition coefficient (Wildman–Crippen LogP) is 4.88.